The van der Waals surface area contributed by atoms with E-state index in [1.807, 2.05) is 30.3 Å². The SMILES string of the molecule is Fc1ccccc1-c1nnc(C(Cl)c2ccccc2)s1. The molecule has 0 aliphatic heterocycles. The van der Waals surface area contributed by atoms with Crippen molar-refractivity contribution in [1.29, 1.82) is 0 Å². The van der Waals surface area contributed by atoms with Crippen LogP contribution in [0, 0.1) is 5.82 Å². The predicted molar refractivity (Wildman–Crippen MR) is 79.4 cm³/mol. The first kappa shape index (κ1) is 13.2. The summed E-state index contributed by atoms with van der Waals surface area (Å²) in [5.41, 5.74) is 1.40. The molecule has 0 fully saturated rings. The van der Waals surface area contributed by atoms with Gasteiger partial charge in [0.1, 0.15) is 16.2 Å². The summed E-state index contributed by atoms with van der Waals surface area (Å²) >= 11 is 7.70. The highest BCUT2D eigenvalue weighted by molar-refractivity contribution is 7.15. The third-order valence-corrected chi connectivity index (χ3v) is 4.46. The van der Waals surface area contributed by atoms with Crippen LogP contribution >= 0.6 is 22.9 Å². The Labute approximate surface area is 124 Å². The van der Waals surface area contributed by atoms with Crippen molar-refractivity contribution in [3.63, 3.8) is 0 Å². The lowest BCUT2D eigenvalue weighted by Gasteiger charge is -2.04. The van der Waals surface area contributed by atoms with Crippen LogP contribution in [0.2, 0.25) is 0 Å². The molecular formula is C15H10ClFN2S. The minimum atomic E-state index is -0.366. The molecule has 0 saturated heterocycles. The molecular weight excluding hydrogens is 295 g/mol. The molecule has 0 amide bonds. The van der Waals surface area contributed by atoms with E-state index in [4.69, 9.17) is 11.6 Å². The van der Waals surface area contributed by atoms with E-state index < -0.39 is 0 Å². The second-order valence-electron chi connectivity index (χ2n) is 4.20. The first-order chi connectivity index (χ1) is 9.75. The van der Waals surface area contributed by atoms with Crippen molar-refractivity contribution in [2.24, 2.45) is 0 Å². The average Bonchev–Trinajstić information content (AvgIpc) is 2.97. The largest absolute Gasteiger partial charge is 0.206 e. The zero-order chi connectivity index (χ0) is 13.9. The fourth-order valence-corrected chi connectivity index (χ4v) is 3.04. The van der Waals surface area contributed by atoms with Crippen LogP contribution in [-0.4, -0.2) is 10.2 Å². The topological polar surface area (TPSA) is 25.8 Å². The quantitative estimate of drug-likeness (QED) is 0.657. The third kappa shape index (κ3) is 2.57. The maximum Gasteiger partial charge on any atom is 0.150 e. The van der Waals surface area contributed by atoms with Gasteiger partial charge in [0.2, 0.25) is 0 Å². The van der Waals surface area contributed by atoms with Crippen LogP contribution < -0.4 is 0 Å². The second kappa shape index (κ2) is 5.69. The normalized spacial score (nSPS) is 12.3. The predicted octanol–water partition coefficient (Wildman–Crippen LogP) is 4.67. The minimum Gasteiger partial charge on any atom is -0.206 e. The van der Waals surface area contributed by atoms with Gasteiger partial charge >= 0.3 is 0 Å². The fraction of sp³-hybridized carbons (Fsp3) is 0.0667. The lowest BCUT2D eigenvalue weighted by molar-refractivity contribution is 0.631. The van der Waals surface area contributed by atoms with Gasteiger partial charge in [0.05, 0.1) is 0 Å². The average molecular weight is 305 g/mol. The number of hydrogen-bond acceptors (Lipinski definition) is 3. The molecule has 5 heteroatoms. The highest BCUT2D eigenvalue weighted by atomic mass is 35.5. The smallest absolute Gasteiger partial charge is 0.150 e. The van der Waals surface area contributed by atoms with Gasteiger partial charge in [-0.05, 0) is 17.7 Å². The molecule has 0 N–H and O–H groups in total. The minimum absolute atomic E-state index is 0.305. The van der Waals surface area contributed by atoms with E-state index in [0.717, 1.165) is 5.56 Å². The van der Waals surface area contributed by atoms with Gasteiger partial charge in [-0.1, -0.05) is 53.8 Å². The molecule has 1 unspecified atom stereocenters. The van der Waals surface area contributed by atoms with Gasteiger partial charge in [-0.15, -0.1) is 21.8 Å². The van der Waals surface area contributed by atoms with Crippen LogP contribution in [0.25, 0.3) is 10.6 Å². The van der Waals surface area contributed by atoms with E-state index in [1.54, 1.807) is 18.2 Å². The van der Waals surface area contributed by atoms with E-state index in [9.17, 15) is 4.39 Å². The molecule has 0 spiro atoms. The van der Waals surface area contributed by atoms with Crippen molar-refractivity contribution in [1.82, 2.24) is 10.2 Å². The summed E-state index contributed by atoms with van der Waals surface area (Å²) in [4.78, 5) is 0. The lowest BCUT2D eigenvalue weighted by Crippen LogP contribution is -1.91. The number of benzene rings is 2. The summed E-state index contributed by atoms with van der Waals surface area (Å²) in [5.74, 6) is -0.305. The van der Waals surface area contributed by atoms with Crippen LogP contribution in [0.4, 0.5) is 4.39 Å². The summed E-state index contributed by atoms with van der Waals surface area (Å²) in [6.45, 7) is 0. The number of hydrogen-bond donors (Lipinski definition) is 0. The number of alkyl halides is 1. The Morgan fingerprint density at radius 3 is 2.40 bits per heavy atom. The van der Waals surface area contributed by atoms with E-state index in [2.05, 4.69) is 10.2 Å². The summed E-state index contributed by atoms with van der Waals surface area (Å²) in [6, 6.07) is 16.1. The van der Waals surface area contributed by atoms with E-state index in [0.29, 0.717) is 15.6 Å². The Morgan fingerprint density at radius 2 is 1.65 bits per heavy atom. The van der Waals surface area contributed by atoms with Gasteiger partial charge < -0.3 is 0 Å². The van der Waals surface area contributed by atoms with Crippen LogP contribution in [0.1, 0.15) is 15.9 Å². The lowest BCUT2D eigenvalue weighted by atomic mass is 10.1. The Morgan fingerprint density at radius 1 is 0.950 bits per heavy atom. The number of rotatable bonds is 3. The van der Waals surface area contributed by atoms with Gasteiger partial charge in [-0.2, -0.15) is 0 Å². The molecule has 2 nitrogen and oxygen atoms in total. The van der Waals surface area contributed by atoms with Crippen molar-refractivity contribution < 1.29 is 4.39 Å². The zero-order valence-corrected chi connectivity index (χ0v) is 11.9. The van der Waals surface area contributed by atoms with Gasteiger partial charge in [-0.3, -0.25) is 0 Å². The van der Waals surface area contributed by atoms with Crippen molar-refractivity contribution >= 4 is 22.9 Å². The monoisotopic (exact) mass is 304 g/mol. The van der Waals surface area contributed by atoms with Crippen molar-refractivity contribution in [2.75, 3.05) is 0 Å². The second-order valence-corrected chi connectivity index (χ2v) is 5.64. The summed E-state index contributed by atoms with van der Waals surface area (Å²) < 4.78 is 13.7. The Bertz CT molecular complexity index is 715. The molecule has 0 aliphatic carbocycles. The number of aromatic nitrogens is 2. The highest BCUT2D eigenvalue weighted by Crippen LogP contribution is 2.34. The molecule has 20 heavy (non-hydrogen) atoms. The molecule has 1 heterocycles. The Hall–Kier alpha value is -1.78. The number of halogens is 2. The molecule has 0 bridgehead atoms. The Kier molecular flexibility index (Phi) is 3.76. The van der Waals surface area contributed by atoms with Gasteiger partial charge in [0, 0.05) is 5.56 Å². The molecule has 0 aliphatic rings. The number of nitrogens with zero attached hydrogens (tertiary/aromatic N) is 2. The van der Waals surface area contributed by atoms with Gasteiger partial charge in [0.25, 0.3) is 0 Å². The first-order valence-corrected chi connectivity index (χ1v) is 7.28. The maximum atomic E-state index is 13.7. The fourth-order valence-electron chi connectivity index (χ4n) is 1.85. The first-order valence-electron chi connectivity index (χ1n) is 6.03. The summed E-state index contributed by atoms with van der Waals surface area (Å²) in [5, 5.41) is 8.96. The van der Waals surface area contributed by atoms with Crippen molar-refractivity contribution in [3.05, 3.63) is 71.0 Å². The molecule has 3 aromatic rings. The standard InChI is InChI=1S/C15H10ClFN2S/c16-13(10-6-2-1-3-7-10)15-19-18-14(20-15)11-8-4-5-9-12(11)17/h1-9,13H. The zero-order valence-electron chi connectivity index (χ0n) is 10.3. The van der Waals surface area contributed by atoms with E-state index in [-0.39, 0.29) is 11.2 Å². The van der Waals surface area contributed by atoms with E-state index in [1.165, 1.54) is 17.4 Å². The van der Waals surface area contributed by atoms with Gasteiger partial charge in [-0.25, -0.2) is 4.39 Å². The third-order valence-electron chi connectivity index (χ3n) is 2.85. The van der Waals surface area contributed by atoms with Gasteiger partial charge in [0.15, 0.2) is 5.01 Å². The van der Waals surface area contributed by atoms with Crippen LogP contribution in [-0.2, 0) is 0 Å². The molecule has 1 aromatic heterocycles. The summed E-state index contributed by atoms with van der Waals surface area (Å²) in [7, 11) is 0. The van der Waals surface area contributed by atoms with E-state index >= 15 is 0 Å². The van der Waals surface area contributed by atoms with Crippen LogP contribution in [0.3, 0.4) is 0 Å². The van der Waals surface area contributed by atoms with Crippen LogP contribution in [0.15, 0.2) is 54.6 Å². The molecule has 1 atom stereocenters. The van der Waals surface area contributed by atoms with Crippen molar-refractivity contribution in [3.8, 4) is 10.6 Å². The van der Waals surface area contributed by atoms with Crippen LogP contribution in [0.5, 0.6) is 0 Å². The highest BCUT2D eigenvalue weighted by Gasteiger charge is 2.17. The molecule has 100 valence electrons. The Balaban J connectivity index is 1.93. The molecule has 3 rings (SSSR count). The molecule has 0 saturated carbocycles. The molecule has 2 aromatic carbocycles. The van der Waals surface area contributed by atoms with Crippen molar-refractivity contribution in [2.45, 2.75) is 5.38 Å². The summed E-state index contributed by atoms with van der Waals surface area (Å²) in [6.07, 6.45) is 0. The molecule has 0 radical (unpaired) electrons. The maximum absolute atomic E-state index is 13.7.